The van der Waals surface area contributed by atoms with E-state index >= 15 is 0 Å². The van der Waals surface area contributed by atoms with Gasteiger partial charge in [-0.25, -0.2) is 13.1 Å². The number of carbonyl (C=O) groups is 1. The molecule has 0 saturated heterocycles. The molecule has 1 aromatic heterocycles. The number of aromatic nitrogens is 1. The van der Waals surface area contributed by atoms with E-state index in [9.17, 15) is 13.2 Å². The smallest absolute Gasteiger partial charge is 0.270 e. The Balaban J connectivity index is 1.42. The van der Waals surface area contributed by atoms with Gasteiger partial charge in [-0.15, -0.1) is 0 Å². The number of carbonyl (C=O) groups excluding carboxylic acids is 1. The van der Waals surface area contributed by atoms with Crippen LogP contribution < -0.4 is 10.0 Å². The minimum Gasteiger partial charge on any atom is -0.345 e. The largest absolute Gasteiger partial charge is 0.345 e. The summed E-state index contributed by atoms with van der Waals surface area (Å²) in [6, 6.07) is 13.8. The highest BCUT2D eigenvalue weighted by atomic mass is 32.2. The van der Waals surface area contributed by atoms with Crippen molar-refractivity contribution in [3.63, 3.8) is 0 Å². The number of rotatable bonds is 5. The highest BCUT2D eigenvalue weighted by Crippen LogP contribution is 2.57. The number of sulfonamides is 1. The first-order chi connectivity index (χ1) is 13.9. The Morgan fingerprint density at radius 1 is 0.931 bits per heavy atom. The quantitative estimate of drug-likeness (QED) is 0.792. The van der Waals surface area contributed by atoms with Gasteiger partial charge >= 0.3 is 0 Å². The van der Waals surface area contributed by atoms with Crippen molar-refractivity contribution in [2.45, 2.75) is 54.5 Å². The maximum atomic E-state index is 13.1. The number of nitrogens with one attached hydrogen (secondary N) is 2. The number of amides is 1. The van der Waals surface area contributed by atoms with E-state index in [-0.39, 0.29) is 11.4 Å². The van der Waals surface area contributed by atoms with Crippen molar-refractivity contribution in [1.29, 1.82) is 0 Å². The molecule has 4 bridgehead atoms. The highest BCUT2D eigenvalue weighted by molar-refractivity contribution is 7.89. The minimum absolute atomic E-state index is 0.173. The van der Waals surface area contributed by atoms with Gasteiger partial charge in [-0.3, -0.25) is 9.78 Å². The SMILES string of the molecule is O=C(NC12CC3CC(C1)CC(NS(=O)(=O)c1ccccc1)(C3)C2)c1ccccn1. The predicted octanol–water partition coefficient (Wildman–Crippen LogP) is 2.88. The Labute approximate surface area is 171 Å². The van der Waals surface area contributed by atoms with E-state index in [1.807, 2.05) is 6.07 Å². The molecular formula is C22H25N3O3S. The van der Waals surface area contributed by atoms with Crippen molar-refractivity contribution < 1.29 is 13.2 Å². The molecule has 0 aliphatic heterocycles. The van der Waals surface area contributed by atoms with Crippen LogP contribution in [0.1, 0.15) is 49.0 Å². The van der Waals surface area contributed by atoms with Crippen LogP contribution in [0.4, 0.5) is 0 Å². The fraction of sp³-hybridized carbons (Fsp3) is 0.455. The fourth-order valence-electron chi connectivity index (χ4n) is 6.27. The van der Waals surface area contributed by atoms with Crippen LogP contribution in [0.15, 0.2) is 59.6 Å². The number of pyridine rings is 1. The zero-order chi connectivity index (χ0) is 20.1. The van der Waals surface area contributed by atoms with Crippen LogP contribution in [0.3, 0.4) is 0 Å². The van der Waals surface area contributed by atoms with E-state index < -0.39 is 15.6 Å². The maximum Gasteiger partial charge on any atom is 0.270 e. The molecule has 2 aromatic rings. The second kappa shape index (κ2) is 6.64. The van der Waals surface area contributed by atoms with E-state index in [4.69, 9.17) is 0 Å². The Morgan fingerprint density at radius 2 is 1.59 bits per heavy atom. The van der Waals surface area contributed by atoms with Crippen LogP contribution in [0.25, 0.3) is 0 Å². The molecule has 0 spiro atoms. The van der Waals surface area contributed by atoms with Crippen LogP contribution >= 0.6 is 0 Å². The average Bonchev–Trinajstić information content (AvgIpc) is 2.67. The van der Waals surface area contributed by atoms with E-state index in [2.05, 4.69) is 15.0 Å². The normalized spacial score (nSPS) is 32.8. The lowest BCUT2D eigenvalue weighted by atomic mass is 9.50. The highest BCUT2D eigenvalue weighted by Gasteiger charge is 2.59. The summed E-state index contributed by atoms with van der Waals surface area (Å²) in [5.41, 5.74) is -0.448. The third-order valence-corrected chi connectivity index (χ3v) is 8.34. The summed E-state index contributed by atoms with van der Waals surface area (Å²) in [7, 11) is -3.61. The third-order valence-electron chi connectivity index (χ3n) is 6.74. The van der Waals surface area contributed by atoms with E-state index in [1.54, 1.807) is 48.7 Å². The molecule has 1 heterocycles. The van der Waals surface area contributed by atoms with Crippen molar-refractivity contribution in [3.05, 3.63) is 60.4 Å². The molecule has 4 fully saturated rings. The monoisotopic (exact) mass is 411 g/mol. The molecule has 4 saturated carbocycles. The molecule has 29 heavy (non-hydrogen) atoms. The molecule has 6 nitrogen and oxygen atoms in total. The third kappa shape index (κ3) is 3.46. The van der Waals surface area contributed by atoms with Gasteiger partial charge in [0.15, 0.2) is 0 Å². The molecule has 2 N–H and O–H groups in total. The van der Waals surface area contributed by atoms with Gasteiger partial charge < -0.3 is 5.32 Å². The van der Waals surface area contributed by atoms with E-state index in [0.717, 1.165) is 32.1 Å². The molecule has 4 aliphatic rings. The lowest BCUT2D eigenvalue weighted by Gasteiger charge is -2.62. The van der Waals surface area contributed by atoms with E-state index in [0.29, 0.717) is 28.8 Å². The molecule has 6 rings (SSSR count). The summed E-state index contributed by atoms with van der Waals surface area (Å²) in [5, 5.41) is 3.25. The number of hydrogen-bond donors (Lipinski definition) is 2. The molecule has 1 aromatic carbocycles. The number of benzene rings is 1. The first-order valence-electron chi connectivity index (χ1n) is 10.2. The van der Waals surface area contributed by atoms with Crippen LogP contribution in [-0.4, -0.2) is 30.4 Å². The van der Waals surface area contributed by atoms with Gasteiger partial charge in [0, 0.05) is 17.3 Å². The first-order valence-corrected chi connectivity index (χ1v) is 11.7. The van der Waals surface area contributed by atoms with Crippen molar-refractivity contribution in [2.75, 3.05) is 0 Å². The summed E-state index contributed by atoms with van der Waals surface area (Å²) in [6.45, 7) is 0. The standard InChI is InChI=1S/C22H25N3O3S/c26-20(19-8-4-5-9-23-19)24-21-11-16-10-17(12-21)14-22(13-16,15-21)25-29(27,28)18-6-2-1-3-7-18/h1-9,16-17,25H,10-15H2,(H,24,26). The minimum atomic E-state index is -3.61. The average molecular weight is 412 g/mol. The van der Waals surface area contributed by atoms with Crippen molar-refractivity contribution in [3.8, 4) is 0 Å². The second-order valence-electron chi connectivity index (χ2n) is 9.11. The Hall–Kier alpha value is -2.25. The molecule has 7 heteroatoms. The zero-order valence-electron chi connectivity index (χ0n) is 16.2. The van der Waals surface area contributed by atoms with Gasteiger partial charge in [-0.2, -0.15) is 0 Å². The second-order valence-corrected chi connectivity index (χ2v) is 10.8. The summed E-state index contributed by atoms with van der Waals surface area (Å²) >= 11 is 0. The first kappa shape index (κ1) is 18.8. The molecule has 0 radical (unpaired) electrons. The van der Waals surface area contributed by atoms with Crippen molar-refractivity contribution >= 4 is 15.9 Å². The van der Waals surface area contributed by atoms with E-state index in [1.165, 1.54) is 0 Å². The van der Waals surface area contributed by atoms with Crippen LogP contribution in [0, 0.1) is 11.8 Å². The van der Waals surface area contributed by atoms with Gasteiger partial charge in [0.1, 0.15) is 5.69 Å². The Morgan fingerprint density at radius 3 is 2.24 bits per heavy atom. The molecule has 2 atom stereocenters. The Bertz CT molecular complexity index is 1010. The van der Waals surface area contributed by atoms with Crippen LogP contribution in [0.2, 0.25) is 0 Å². The Kier molecular flexibility index (Phi) is 4.29. The summed E-state index contributed by atoms with van der Waals surface area (Å²) in [4.78, 5) is 17.3. The molecule has 1 amide bonds. The lowest BCUT2D eigenvalue weighted by Crippen LogP contribution is -2.69. The van der Waals surface area contributed by atoms with Gasteiger partial charge in [0.25, 0.3) is 5.91 Å². The van der Waals surface area contributed by atoms with Crippen molar-refractivity contribution in [1.82, 2.24) is 15.0 Å². The number of hydrogen-bond acceptors (Lipinski definition) is 4. The zero-order valence-corrected chi connectivity index (χ0v) is 17.0. The van der Waals surface area contributed by atoms with Gasteiger partial charge in [-0.05, 0) is 74.6 Å². The summed E-state index contributed by atoms with van der Waals surface area (Å²) in [6.07, 6.45) is 6.89. The molecular weight excluding hydrogens is 386 g/mol. The lowest BCUT2D eigenvalue weighted by molar-refractivity contribution is -0.0390. The predicted molar refractivity (Wildman–Crippen MR) is 109 cm³/mol. The van der Waals surface area contributed by atoms with Crippen LogP contribution in [0.5, 0.6) is 0 Å². The van der Waals surface area contributed by atoms with Gasteiger partial charge in [0.05, 0.1) is 4.90 Å². The molecule has 152 valence electrons. The van der Waals surface area contributed by atoms with Gasteiger partial charge in [0.2, 0.25) is 10.0 Å². The summed E-state index contributed by atoms with van der Waals surface area (Å²) < 4.78 is 29.2. The number of nitrogens with zero attached hydrogens (tertiary/aromatic N) is 1. The topological polar surface area (TPSA) is 88.2 Å². The molecule has 2 unspecified atom stereocenters. The van der Waals surface area contributed by atoms with Crippen LogP contribution in [-0.2, 0) is 10.0 Å². The van der Waals surface area contributed by atoms with Crippen molar-refractivity contribution in [2.24, 2.45) is 11.8 Å². The maximum absolute atomic E-state index is 13.1. The molecule has 4 aliphatic carbocycles. The fourth-order valence-corrected chi connectivity index (χ4v) is 7.72. The van der Waals surface area contributed by atoms with Gasteiger partial charge in [-0.1, -0.05) is 24.3 Å². The summed E-state index contributed by atoms with van der Waals surface area (Å²) in [5.74, 6) is 0.686.